The first-order valence-electron chi connectivity index (χ1n) is 24.2. The molecule has 0 atom stereocenters. The van der Waals surface area contributed by atoms with Crippen LogP contribution in [0.15, 0.2) is 118 Å². The van der Waals surface area contributed by atoms with Gasteiger partial charge in [0.15, 0.2) is 5.82 Å². The zero-order chi connectivity index (χ0) is 53.0. The first-order valence-corrected chi connectivity index (χ1v) is 24.2. The molecule has 0 unspecified atom stereocenters. The highest BCUT2D eigenvalue weighted by atomic mass is 15.4. The summed E-state index contributed by atoms with van der Waals surface area (Å²) in [4.78, 5) is 36.5. The van der Waals surface area contributed by atoms with E-state index in [9.17, 15) is 0 Å². The quantitative estimate of drug-likeness (QED) is 0.157. The number of para-hydroxylation sites is 1. The van der Waals surface area contributed by atoms with Gasteiger partial charge in [-0.05, 0) is 71.4 Å². The average Bonchev–Trinajstić information content (AvgIpc) is 4.25. The molecule has 17 nitrogen and oxygen atoms in total. The fraction of sp³-hybridized carbons (Fsp3) is 0.471. The maximum absolute atomic E-state index is 4.21. The van der Waals surface area contributed by atoms with Crippen molar-refractivity contribution in [2.75, 3.05) is 0 Å². The second kappa shape index (κ2) is 44.0. The fourth-order valence-electron chi connectivity index (χ4n) is 4.99. The van der Waals surface area contributed by atoms with Crippen molar-refractivity contribution in [3.8, 4) is 22.9 Å². The third-order valence-electron chi connectivity index (χ3n) is 7.80. The molecule has 0 spiro atoms. The summed E-state index contributed by atoms with van der Waals surface area (Å²) in [6.45, 7) is 40.0. The van der Waals surface area contributed by atoms with E-state index in [0.717, 1.165) is 34.1 Å². The third-order valence-corrected chi connectivity index (χ3v) is 7.80. The maximum Gasteiger partial charge on any atom is 0.306 e. The largest absolute Gasteiger partial charge is 0.306 e. The van der Waals surface area contributed by atoms with Crippen molar-refractivity contribution >= 4 is 0 Å². The summed E-state index contributed by atoms with van der Waals surface area (Å²) in [7, 11) is 7.74. The van der Waals surface area contributed by atoms with E-state index in [1.807, 2.05) is 228 Å². The molecule has 1 aromatic carbocycles. The summed E-state index contributed by atoms with van der Waals surface area (Å²) in [5.41, 5.74) is 7.37. The van der Waals surface area contributed by atoms with Gasteiger partial charge in [0.2, 0.25) is 25.3 Å². The van der Waals surface area contributed by atoms with Crippen LogP contribution in [0.3, 0.4) is 0 Å². The summed E-state index contributed by atoms with van der Waals surface area (Å²) >= 11 is 0. The van der Waals surface area contributed by atoms with Gasteiger partial charge in [0, 0.05) is 18.0 Å². The number of aromatic nitrogens is 17. The zero-order valence-corrected chi connectivity index (χ0v) is 46.6. The van der Waals surface area contributed by atoms with E-state index in [1.165, 1.54) is 23.9 Å². The zero-order valence-electron chi connectivity index (χ0n) is 46.6. The standard InChI is InChI=1S/C10H12N3.C9H11N4.2C8H10N5.8C2H6/c1-9-5-3-4-6-10(9)13-8-11-7-12(13)2;1-8-9(4-3-5-11-8)13-7-10-6-12(13)2;1-7-8(3-9-4-11-7)13-6-10-5-12(13)2;1-7-3-9-4-11-8(7)13-6-10-5-12(13)2;8*1-2/h3-8H,1-2H3;3-7H,1-2H3;2*3-6H,1-2H3;8*1-2H3/q4*+1;;;;;;;;. The Hall–Kier alpha value is -6.91. The molecule has 376 valence electrons. The van der Waals surface area contributed by atoms with Crippen LogP contribution >= 0.6 is 0 Å². The van der Waals surface area contributed by atoms with Crippen LogP contribution < -0.4 is 18.7 Å². The number of hydrogen-bond donors (Lipinski definition) is 0. The van der Waals surface area contributed by atoms with Gasteiger partial charge in [-0.25, -0.2) is 19.9 Å². The van der Waals surface area contributed by atoms with Gasteiger partial charge in [-0.3, -0.25) is 4.98 Å². The van der Waals surface area contributed by atoms with Crippen LogP contribution in [0.4, 0.5) is 0 Å². The smallest absolute Gasteiger partial charge is 0.259 e. The lowest BCUT2D eigenvalue weighted by atomic mass is 10.2. The molecule has 0 aliphatic carbocycles. The lowest BCUT2D eigenvalue weighted by Crippen LogP contribution is -2.37. The Balaban J connectivity index is -0.000000365. The number of benzene rings is 1. The lowest BCUT2D eigenvalue weighted by Gasteiger charge is -2.03. The van der Waals surface area contributed by atoms with Gasteiger partial charge in [0.05, 0.1) is 23.3 Å². The average molecular weight is 942 g/mol. The van der Waals surface area contributed by atoms with Crippen molar-refractivity contribution in [2.45, 2.75) is 138 Å². The van der Waals surface area contributed by atoms with Gasteiger partial charge in [-0.2, -0.15) is 18.7 Å². The molecule has 0 N–H and O–H groups in total. The van der Waals surface area contributed by atoms with Gasteiger partial charge in [0.1, 0.15) is 52.2 Å². The number of nitrogens with zero attached hydrogens (tertiary/aromatic N) is 17. The van der Waals surface area contributed by atoms with Crippen molar-refractivity contribution in [2.24, 2.45) is 28.2 Å². The van der Waals surface area contributed by atoms with E-state index < -0.39 is 0 Å². The molecule has 0 radical (unpaired) electrons. The Kier molecular flexibility index (Phi) is 43.7. The highest BCUT2D eigenvalue weighted by molar-refractivity contribution is 5.38. The SMILES string of the molecule is CC.CC.CC.CC.CC.CC.CC.CC.Cc1ccccc1-n1cnc[n+]1C.Cc1cncnc1-n1cnc[n+]1C.Cc1ncccc1-n1cnc[n+]1C.Cc1ncncc1-n1cnc[n+]1C. The first kappa shape index (κ1) is 67.7. The van der Waals surface area contributed by atoms with E-state index in [2.05, 4.69) is 63.9 Å². The van der Waals surface area contributed by atoms with Crippen LogP contribution in [0.1, 0.15) is 133 Å². The maximum atomic E-state index is 4.21. The summed E-state index contributed by atoms with van der Waals surface area (Å²) in [5, 5.41) is 0. The highest BCUT2D eigenvalue weighted by Crippen LogP contribution is 2.10. The molecule has 8 aromatic rings. The molecule has 7 heterocycles. The predicted octanol–water partition coefficient (Wildman–Crippen LogP) is 9.21. The topological polar surface area (TPSA) is 151 Å². The van der Waals surface area contributed by atoms with Gasteiger partial charge in [-0.1, -0.05) is 129 Å². The van der Waals surface area contributed by atoms with Crippen LogP contribution in [0.25, 0.3) is 22.9 Å². The first-order chi connectivity index (χ1) is 33.2. The van der Waals surface area contributed by atoms with Crippen molar-refractivity contribution in [1.29, 1.82) is 0 Å². The van der Waals surface area contributed by atoms with Crippen molar-refractivity contribution in [3.05, 3.63) is 141 Å². The molecule has 7 aromatic heterocycles. The Morgan fingerprint density at radius 3 is 1.12 bits per heavy atom. The van der Waals surface area contributed by atoms with Gasteiger partial charge in [0.25, 0.3) is 0 Å². The molecule has 0 saturated heterocycles. The number of pyridine rings is 1. The molecule has 0 aliphatic rings. The molecule has 0 bridgehead atoms. The minimum atomic E-state index is 0.856. The summed E-state index contributed by atoms with van der Waals surface area (Å²) in [5.74, 6) is 0.856. The minimum Gasteiger partial charge on any atom is -0.259 e. The van der Waals surface area contributed by atoms with Crippen LogP contribution in [0.2, 0.25) is 0 Å². The Morgan fingerprint density at radius 2 is 0.721 bits per heavy atom. The highest BCUT2D eigenvalue weighted by Gasteiger charge is 2.11. The van der Waals surface area contributed by atoms with E-state index in [0.29, 0.717) is 0 Å². The monoisotopic (exact) mass is 942 g/mol. The van der Waals surface area contributed by atoms with E-state index >= 15 is 0 Å². The molecule has 0 amide bonds. The molecule has 68 heavy (non-hydrogen) atoms. The van der Waals surface area contributed by atoms with E-state index in [4.69, 9.17) is 0 Å². The van der Waals surface area contributed by atoms with Crippen molar-refractivity contribution < 1.29 is 18.7 Å². The van der Waals surface area contributed by atoms with Crippen molar-refractivity contribution in [1.82, 2.24) is 63.6 Å². The van der Waals surface area contributed by atoms with Gasteiger partial charge >= 0.3 is 25.3 Å². The Bertz CT molecular complexity index is 2010. The fourth-order valence-corrected chi connectivity index (χ4v) is 4.99. The number of rotatable bonds is 4. The summed E-state index contributed by atoms with van der Waals surface area (Å²) < 4.78 is 15.3. The summed E-state index contributed by atoms with van der Waals surface area (Å²) in [6, 6.07) is 12.2. The summed E-state index contributed by atoms with van der Waals surface area (Å²) in [6.07, 6.45) is 22.4. The third kappa shape index (κ3) is 23.0. The number of hydrogen-bond acceptors (Lipinski definition) is 9. The van der Waals surface area contributed by atoms with Gasteiger partial charge < -0.3 is 0 Å². The van der Waals surface area contributed by atoms with Crippen LogP contribution in [-0.2, 0) is 28.2 Å². The van der Waals surface area contributed by atoms with E-state index in [1.54, 1.807) is 62.9 Å². The molecule has 0 aliphatic heterocycles. The lowest BCUT2D eigenvalue weighted by molar-refractivity contribution is -0.745. The minimum absolute atomic E-state index is 0.856. The second-order valence-electron chi connectivity index (χ2n) is 11.6. The molecule has 17 heteroatoms. The Morgan fingerprint density at radius 1 is 0.353 bits per heavy atom. The van der Waals surface area contributed by atoms with Crippen LogP contribution in [0, 0.1) is 27.7 Å². The molecular formula is C51H91N17+4. The number of aryl methyl sites for hydroxylation is 8. The predicted molar refractivity (Wildman–Crippen MR) is 278 cm³/mol. The Labute approximate surface area is 411 Å². The molecular weight excluding hydrogens is 851 g/mol. The molecule has 0 saturated carbocycles. The normalized spacial score (nSPS) is 8.59. The molecule has 0 fully saturated rings. The second-order valence-corrected chi connectivity index (χ2v) is 11.6. The molecule has 8 rings (SSSR count). The van der Waals surface area contributed by atoms with E-state index in [-0.39, 0.29) is 0 Å². The van der Waals surface area contributed by atoms with Gasteiger partial charge in [-0.15, -0.1) is 18.7 Å². The van der Waals surface area contributed by atoms with Crippen LogP contribution in [0.5, 0.6) is 0 Å². The van der Waals surface area contributed by atoms with Crippen LogP contribution in [-0.4, -0.2) is 63.6 Å². The van der Waals surface area contributed by atoms with Crippen molar-refractivity contribution in [3.63, 3.8) is 0 Å².